The Hall–Kier alpha value is -3.93. The van der Waals surface area contributed by atoms with E-state index in [9.17, 15) is 4.39 Å². The number of pyridine rings is 1. The summed E-state index contributed by atoms with van der Waals surface area (Å²) in [7, 11) is 1.89. The second-order valence-corrected chi connectivity index (χ2v) is 7.71. The number of aromatic nitrogens is 7. The van der Waals surface area contributed by atoms with Gasteiger partial charge in [0.15, 0.2) is 11.5 Å². The Balaban J connectivity index is 1.51. The predicted octanol–water partition coefficient (Wildman–Crippen LogP) is 2.44. The van der Waals surface area contributed by atoms with Gasteiger partial charge in [-0.2, -0.15) is 9.97 Å². The van der Waals surface area contributed by atoms with Gasteiger partial charge in [0.25, 0.3) is 0 Å². The van der Waals surface area contributed by atoms with Crippen LogP contribution in [0.25, 0.3) is 11.0 Å². The first-order valence-electron chi connectivity index (χ1n) is 10.6. The van der Waals surface area contributed by atoms with Gasteiger partial charge in [0.2, 0.25) is 5.95 Å². The van der Waals surface area contributed by atoms with Crippen molar-refractivity contribution in [2.75, 3.05) is 41.8 Å². The fraction of sp³-hybridized carbons (Fsp3) is 0.333. The lowest BCUT2D eigenvalue weighted by Gasteiger charge is -2.27. The number of nitrogens with zero attached hydrogens (tertiary/aromatic N) is 8. The highest BCUT2D eigenvalue weighted by Gasteiger charge is 2.17. The minimum atomic E-state index is -0.491. The van der Waals surface area contributed by atoms with Crippen molar-refractivity contribution in [3.8, 4) is 0 Å². The fourth-order valence-corrected chi connectivity index (χ4v) is 3.53. The lowest BCUT2D eigenvalue weighted by Crippen LogP contribution is -2.36. The first-order chi connectivity index (χ1) is 16.0. The van der Waals surface area contributed by atoms with Crippen molar-refractivity contribution in [2.24, 2.45) is 7.05 Å². The molecule has 11 nitrogen and oxygen atoms in total. The van der Waals surface area contributed by atoms with Gasteiger partial charge in [-0.1, -0.05) is 0 Å². The van der Waals surface area contributed by atoms with Crippen LogP contribution in [0, 0.1) is 5.82 Å². The van der Waals surface area contributed by atoms with E-state index in [4.69, 9.17) is 9.72 Å². The molecule has 1 atom stereocenters. The van der Waals surface area contributed by atoms with E-state index in [1.165, 1.54) is 0 Å². The smallest absolute Gasteiger partial charge is 0.227 e. The van der Waals surface area contributed by atoms with Crippen molar-refractivity contribution < 1.29 is 9.13 Å². The molecule has 12 heteroatoms. The molecule has 0 aromatic carbocycles. The van der Waals surface area contributed by atoms with Crippen LogP contribution in [0.5, 0.6) is 0 Å². The molecule has 0 radical (unpaired) electrons. The lowest BCUT2D eigenvalue weighted by atomic mass is 10.2. The third kappa shape index (κ3) is 4.65. The summed E-state index contributed by atoms with van der Waals surface area (Å²) in [6.45, 7) is 4.72. The molecule has 0 amide bonds. The molecule has 33 heavy (non-hydrogen) atoms. The molecule has 170 valence electrons. The van der Waals surface area contributed by atoms with E-state index in [0.29, 0.717) is 42.3 Å². The molecule has 0 bridgehead atoms. The number of fused-ring (bicyclic) bond motifs is 1. The summed E-state index contributed by atoms with van der Waals surface area (Å²) in [5.41, 5.74) is 0.530. The van der Waals surface area contributed by atoms with E-state index in [0.717, 1.165) is 36.7 Å². The molecule has 1 aliphatic rings. The van der Waals surface area contributed by atoms with E-state index >= 15 is 0 Å². The van der Waals surface area contributed by atoms with Crippen molar-refractivity contribution in [3.63, 3.8) is 0 Å². The molecule has 4 aromatic heterocycles. The number of halogens is 1. The first-order valence-corrected chi connectivity index (χ1v) is 10.6. The second-order valence-electron chi connectivity index (χ2n) is 7.71. The van der Waals surface area contributed by atoms with E-state index in [1.807, 2.05) is 36.9 Å². The zero-order valence-electron chi connectivity index (χ0n) is 18.2. The molecule has 0 aliphatic carbocycles. The van der Waals surface area contributed by atoms with Crippen molar-refractivity contribution in [2.45, 2.75) is 13.0 Å². The molecule has 1 saturated heterocycles. The standard InChI is InChI=1S/C21H23FN10O/c1-13(18-23-9-14(22)10-24-18)26-21-29-19(27-16-11-31(2)12-25-16)15-3-4-17(28-20(15)30-21)32-5-7-33-8-6-32/h3-4,9-13H,5-8H2,1-2H3,(H2,26,27,28,29,30)/t13-/m1/s1. The molecule has 5 heterocycles. The summed E-state index contributed by atoms with van der Waals surface area (Å²) in [5.74, 6) is 2.32. The number of aryl methyl sites for hydroxylation is 1. The van der Waals surface area contributed by atoms with Crippen LogP contribution in [0.4, 0.5) is 27.8 Å². The van der Waals surface area contributed by atoms with Crippen molar-refractivity contribution in [1.82, 2.24) is 34.5 Å². The zero-order valence-corrected chi connectivity index (χ0v) is 18.2. The molecular formula is C21H23FN10O. The Morgan fingerprint density at radius 2 is 1.85 bits per heavy atom. The monoisotopic (exact) mass is 450 g/mol. The van der Waals surface area contributed by atoms with Crippen LogP contribution < -0.4 is 15.5 Å². The summed E-state index contributed by atoms with van der Waals surface area (Å²) >= 11 is 0. The maximum absolute atomic E-state index is 13.2. The van der Waals surface area contributed by atoms with Crippen LogP contribution >= 0.6 is 0 Å². The van der Waals surface area contributed by atoms with Gasteiger partial charge in [-0.05, 0) is 19.1 Å². The van der Waals surface area contributed by atoms with Gasteiger partial charge >= 0.3 is 0 Å². The summed E-state index contributed by atoms with van der Waals surface area (Å²) in [6.07, 6.45) is 5.82. The Labute approximate surface area is 189 Å². The molecule has 1 fully saturated rings. The molecule has 0 unspecified atom stereocenters. The summed E-state index contributed by atoms with van der Waals surface area (Å²) in [6, 6.07) is 3.56. The van der Waals surface area contributed by atoms with Crippen molar-refractivity contribution in [1.29, 1.82) is 0 Å². The topological polar surface area (TPSA) is 119 Å². The fourth-order valence-electron chi connectivity index (χ4n) is 3.53. The summed E-state index contributed by atoms with van der Waals surface area (Å²) in [4.78, 5) is 28.6. The van der Waals surface area contributed by atoms with Crippen molar-refractivity contribution >= 4 is 34.4 Å². The zero-order chi connectivity index (χ0) is 22.8. The van der Waals surface area contributed by atoms with Crippen LogP contribution in [0.3, 0.4) is 0 Å². The number of hydrogen-bond donors (Lipinski definition) is 2. The van der Waals surface area contributed by atoms with Crippen LogP contribution in [0.15, 0.2) is 37.1 Å². The summed E-state index contributed by atoms with van der Waals surface area (Å²) < 4.78 is 20.5. The highest BCUT2D eigenvalue weighted by atomic mass is 19.1. The number of anilines is 4. The Morgan fingerprint density at radius 1 is 1.06 bits per heavy atom. The molecule has 0 saturated carbocycles. The molecule has 5 rings (SSSR count). The normalized spacial score (nSPS) is 14.9. The van der Waals surface area contributed by atoms with Gasteiger partial charge in [-0.25, -0.2) is 24.3 Å². The molecule has 4 aromatic rings. The molecule has 1 aliphatic heterocycles. The maximum atomic E-state index is 13.2. The van der Waals surface area contributed by atoms with E-state index in [-0.39, 0.29) is 6.04 Å². The number of nitrogens with one attached hydrogen (secondary N) is 2. The quantitative estimate of drug-likeness (QED) is 0.453. The number of imidazole rings is 1. The minimum Gasteiger partial charge on any atom is -0.378 e. The highest BCUT2D eigenvalue weighted by Crippen LogP contribution is 2.27. The molecule has 2 N–H and O–H groups in total. The second kappa shape index (κ2) is 8.90. The molecule has 0 spiro atoms. The SMILES string of the molecule is C[C@@H](Nc1nc(Nc2cn(C)cn2)c2ccc(N3CCOCC3)nc2n1)c1ncc(F)cn1. The maximum Gasteiger partial charge on any atom is 0.227 e. The van der Waals surface area contributed by atoms with Gasteiger partial charge in [-0.15, -0.1) is 0 Å². The average molecular weight is 450 g/mol. The van der Waals surface area contributed by atoms with Crippen LogP contribution in [-0.4, -0.2) is 60.8 Å². The largest absolute Gasteiger partial charge is 0.378 e. The molecular weight excluding hydrogens is 427 g/mol. The lowest BCUT2D eigenvalue weighted by molar-refractivity contribution is 0.122. The number of hydrogen-bond acceptors (Lipinski definition) is 10. The van der Waals surface area contributed by atoms with Gasteiger partial charge in [0.1, 0.15) is 23.3 Å². The Morgan fingerprint density at radius 3 is 2.58 bits per heavy atom. The Kier molecular flexibility index (Phi) is 5.65. The van der Waals surface area contributed by atoms with Gasteiger partial charge in [0.05, 0.1) is 43.4 Å². The predicted molar refractivity (Wildman–Crippen MR) is 121 cm³/mol. The number of rotatable bonds is 6. The van der Waals surface area contributed by atoms with Crippen LogP contribution in [0.1, 0.15) is 18.8 Å². The van der Waals surface area contributed by atoms with Crippen LogP contribution in [0.2, 0.25) is 0 Å². The third-order valence-electron chi connectivity index (χ3n) is 5.20. The van der Waals surface area contributed by atoms with Crippen molar-refractivity contribution in [3.05, 3.63) is 48.7 Å². The van der Waals surface area contributed by atoms with E-state index in [1.54, 1.807) is 6.33 Å². The van der Waals surface area contributed by atoms with Gasteiger partial charge in [-0.3, -0.25) is 0 Å². The number of morpholine rings is 1. The number of ether oxygens (including phenoxy) is 1. The highest BCUT2D eigenvalue weighted by molar-refractivity contribution is 5.90. The van der Waals surface area contributed by atoms with Gasteiger partial charge in [0, 0.05) is 26.3 Å². The average Bonchev–Trinajstić information content (AvgIpc) is 3.24. The Bertz CT molecular complexity index is 1260. The van der Waals surface area contributed by atoms with E-state index in [2.05, 4.69) is 40.5 Å². The summed E-state index contributed by atoms with van der Waals surface area (Å²) in [5, 5.41) is 7.20. The first kappa shape index (κ1) is 20.9. The van der Waals surface area contributed by atoms with Crippen LogP contribution in [-0.2, 0) is 11.8 Å². The third-order valence-corrected chi connectivity index (χ3v) is 5.20. The van der Waals surface area contributed by atoms with Gasteiger partial charge < -0.3 is 24.8 Å². The van der Waals surface area contributed by atoms with E-state index < -0.39 is 5.82 Å². The minimum absolute atomic E-state index is 0.341.